The molecule has 0 radical (unpaired) electrons. The number of hydrogen-bond acceptors (Lipinski definition) is 5. The Hall–Kier alpha value is -1.41. The second-order valence-corrected chi connectivity index (χ2v) is 28.0. The van der Waals surface area contributed by atoms with Crippen LogP contribution in [0.4, 0.5) is 11.4 Å². The molecule has 0 aliphatic carbocycles. The van der Waals surface area contributed by atoms with Crippen LogP contribution in [-0.2, 0) is 14.2 Å². The molecule has 3 aromatic rings. The zero-order valence-corrected chi connectivity index (χ0v) is 43.5. The number of rotatable bonds is 10. The smallest absolute Gasteiger partial charge is 0.668 e. The van der Waals surface area contributed by atoms with Crippen LogP contribution in [0.3, 0.4) is 0 Å². The van der Waals surface area contributed by atoms with Crippen LogP contribution in [0, 0.1) is 0 Å². The molecule has 0 atom stereocenters. The summed E-state index contributed by atoms with van der Waals surface area (Å²) in [6.45, 7) is 37.5. The first-order valence-electron chi connectivity index (χ1n) is 21.8. The van der Waals surface area contributed by atoms with Gasteiger partial charge in [0, 0.05) is 52.1 Å². The van der Waals surface area contributed by atoms with Gasteiger partial charge in [0.15, 0.2) is 0 Å². The normalized spacial score (nSPS) is 15.5. The van der Waals surface area contributed by atoms with Crippen LogP contribution in [0.5, 0.6) is 0 Å². The van der Waals surface area contributed by atoms with Crippen molar-refractivity contribution >= 4 is 78.0 Å². The first kappa shape index (κ1) is 54.6. The number of para-hydroxylation sites is 2. The van der Waals surface area contributed by atoms with Crippen LogP contribution in [-0.4, -0.2) is 106 Å². The van der Waals surface area contributed by atoms with Crippen molar-refractivity contribution in [3.63, 3.8) is 0 Å². The third kappa shape index (κ3) is 23.0. The fourth-order valence-electron chi connectivity index (χ4n) is 6.66. The zero-order chi connectivity index (χ0) is 42.4. The average molecular weight is 857 g/mol. The molecule has 3 aliphatic heterocycles. The fourth-order valence-corrected chi connectivity index (χ4v) is 14.7. The van der Waals surface area contributed by atoms with Gasteiger partial charge in [0.2, 0.25) is 0 Å². The largest absolute Gasteiger partial charge is 2.00 e. The van der Waals surface area contributed by atoms with Crippen molar-refractivity contribution in [2.45, 2.75) is 157 Å². The van der Waals surface area contributed by atoms with Crippen molar-refractivity contribution in [1.29, 1.82) is 0 Å². The predicted molar refractivity (Wildman–Crippen MR) is 259 cm³/mol. The molecule has 0 amide bonds. The molecular formula is C48H80CaN4O3Si2. The minimum Gasteiger partial charge on any atom is -0.668 e. The predicted octanol–water partition coefficient (Wildman–Crippen LogP) is 13.7. The summed E-state index contributed by atoms with van der Waals surface area (Å²) in [5.74, 6) is 1.68. The maximum Gasteiger partial charge on any atom is 2.00 e. The maximum atomic E-state index is 4.94. The van der Waals surface area contributed by atoms with Gasteiger partial charge in [-0.05, 0) is 84.5 Å². The second kappa shape index (κ2) is 29.0. The molecule has 3 saturated heterocycles. The van der Waals surface area contributed by atoms with E-state index in [1.54, 1.807) is 0 Å². The Kier molecular flexibility index (Phi) is 27.3. The quantitative estimate of drug-likeness (QED) is 0.150. The monoisotopic (exact) mass is 857 g/mol. The van der Waals surface area contributed by atoms with E-state index in [9.17, 15) is 0 Å². The molecule has 4 heterocycles. The Morgan fingerprint density at radius 3 is 0.914 bits per heavy atom. The molecule has 320 valence electrons. The van der Waals surface area contributed by atoms with Crippen LogP contribution >= 0.6 is 0 Å². The Bertz CT molecular complexity index is 1400. The van der Waals surface area contributed by atoms with Gasteiger partial charge >= 0.3 is 37.7 Å². The first-order valence-corrected chi connectivity index (χ1v) is 28.7. The molecule has 6 rings (SSSR count). The summed E-state index contributed by atoms with van der Waals surface area (Å²) >= 11 is 0. The molecule has 0 N–H and O–H groups in total. The van der Waals surface area contributed by atoms with Gasteiger partial charge in [-0.3, -0.25) is 9.98 Å². The minimum atomic E-state index is -1.11. The zero-order valence-electron chi connectivity index (χ0n) is 39.3. The third-order valence-corrected chi connectivity index (χ3v) is 14.5. The first-order chi connectivity index (χ1) is 26.9. The summed E-state index contributed by atoms with van der Waals surface area (Å²) in [6.07, 6.45) is 11.4. The van der Waals surface area contributed by atoms with E-state index in [1.165, 1.54) is 60.8 Å². The fraction of sp³-hybridized carbons (Fsp3) is 0.625. The number of aliphatic imine (C=N–C) groups is 2. The topological polar surface area (TPSA) is 80.6 Å². The molecule has 58 heavy (non-hydrogen) atoms. The Balaban J connectivity index is 0.000000535. The van der Waals surface area contributed by atoms with Crippen molar-refractivity contribution in [2.24, 2.45) is 9.98 Å². The SMILES string of the molecule is C1CCOC1.C1CCOC1.C1CCOC1.CC(C)c1cccc(C(C)C)c1N=Cc1ccc(C=Nc2c(C(C)C)cccc2C(C)C)[n-]1.C[Si](C)(C)[N-][Si](C)(C)C.[Ca+2]. The van der Waals surface area contributed by atoms with E-state index in [-0.39, 0.29) is 37.7 Å². The van der Waals surface area contributed by atoms with Crippen LogP contribution in [0.25, 0.3) is 4.65 Å². The molecular weight excluding hydrogens is 777 g/mol. The molecule has 10 heteroatoms. The molecule has 7 nitrogen and oxygen atoms in total. The van der Waals surface area contributed by atoms with Gasteiger partial charge in [-0.15, -0.1) is 11.4 Å². The van der Waals surface area contributed by atoms with Gasteiger partial charge < -0.3 is 23.8 Å². The maximum absolute atomic E-state index is 4.94. The standard InChI is InChI=1S/C30H38N3.C6H18NSi2.3C4H8O.Ca/c1-19(2)25-11-9-12-26(20(3)4)29(25)31-17-23-15-16-24(33-23)18-32-30-27(21(5)6)13-10-14-28(30)22(7)8;1-8(2,3)7-9(4,5)6;3*1-2-4-5-3-1;/h9-22H,1-8H3;1-6H3;3*1-4H2;/q2*-1;;;;+2. The number of ether oxygens (including phenoxy) is 3. The van der Waals surface area contributed by atoms with Crippen molar-refractivity contribution in [3.05, 3.63) is 86.8 Å². The van der Waals surface area contributed by atoms with E-state index in [2.05, 4.69) is 131 Å². The van der Waals surface area contributed by atoms with Crippen LogP contribution in [0.15, 0.2) is 58.5 Å². The summed E-state index contributed by atoms with van der Waals surface area (Å²) in [7, 11) is -2.21. The van der Waals surface area contributed by atoms with E-state index in [1.807, 2.05) is 24.6 Å². The van der Waals surface area contributed by atoms with Crippen LogP contribution in [0.1, 0.15) is 151 Å². The van der Waals surface area contributed by atoms with Crippen molar-refractivity contribution < 1.29 is 14.2 Å². The summed E-state index contributed by atoms with van der Waals surface area (Å²) in [5, 5.41) is 0. The van der Waals surface area contributed by atoms with Gasteiger partial charge in [0.05, 0.1) is 11.4 Å². The van der Waals surface area contributed by atoms with Crippen LogP contribution < -0.4 is 4.98 Å². The molecule has 3 fully saturated rings. The molecule has 2 aromatic carbocycles. The molecule has 0 unspecified atom stereocenters. The number of benzene rings is 2. The molecule has 3 aliphatic rings. The van der Waals surface area contributed by atoms with E-state index >= 15 is 0 Å². The van der Waals surface area contributed by atoms with E-state index in [4.69, 9.17) is 33.8 Å². The Labute approximate surface area is 387 Å². The Morgan fingerprint density at radius 2 is 0.741 bits per heavy atom. The van der Waals surface area contributed by atoms with Gasteiger partial charge in [-0.2, -0.15) is 0 Å². The van der Waals surface area contributed by atoms with Gasteiger partial charge in [0.25, 0.3) is 0 Å². The van der Waals surface area contributed by atoms with Crippen molar-refractivity contribution in [1.82, 2.24) is 4.98 Å². The molecule has 0 spiro atoms. The number of aromatic nitrogens is 1. The molecule has 1 aromatic heterocycles. The van der Waals surface area contributed by atoms with Crippen molar-refractivity contribution in [2.75, 3.05) is 39.6 Å². The average Bonchev–Trinajstić information content (AvgIpc) is 3.99. The molecule has 0 bridgehead atoms. The summed E-state index contributed by atoms with van der Waals surface area (Å²) in [5.41, 5.74) is 8.96. The van der Waals surface area contributed by atoms with E-state index in [0.29, 0.717) is 23.7 Å². The van der Waals surface area contributed by atoms with Gasteiger partial charge in [-0.1, -0.05) is 160 Å². The number of hydrogen-bond donors (Lipinski definition) is 0. The van der Waals surface area contributed by atoms with E-state index in [0.717, 1.165) is 62.4 Å². The molecule has 0 saturated carbocycles. The third-order valence-electron chi connectivity index (χ3n) is 9.17. The Morgan fingerprint density at radius 1 is 0.483 bits per heavy atom. The summed E-state index contributed by atoms with van der Waals surface area (Å²) < 4.78 is 19.7. The number of nitrogens with zero attached hydrogens (tertiary/aromatic N) is 4. The minimum absolute atomic E-state index is 0. The van der Waals surface area contributed by atoms with Crippen molar-refractivity contribution in [3.8, 4) is 0 Å². The van der Waals surface area contributed by atoms with Crippen LogP contribution in [0.2, 0.25) is 39.3 Å². The van der Waals surface area contributed by atoms with E-state index < -0.39 is 16.5 Å². The van der Waals surface area contributed by atoms with Gasteiger partial charge in [0.1, 0.15) is 0 Å². The van der Waals surface area contributed by atoms with Gasteiger partial charge in [-0.25, -0.2) is 0 Å². The second-order valence-electron chi connectivity index (χ2n) is 18.4. The summed E-state index contributed by atoms with van der Waals surface area (Å²) in [6, 6.07) is 17.0. The summed E-state index contributed by atoms with van der Waals surface area (Å²) in [4.78, 5) is 14.5.